The van der Waals surface area contributed by atoms with Crippen molar-refractivity contribution in [1.29, 1.82) is 0 Å². The molecule has 2 heterocycles. The highest BCUT2D eigenvalue weighted by atomic mass is 16.3. The van der Waals surface area contributed by atoms with Crippen LogP contribution in [0, 0.1) is 13.8 Å². The molecule has 0 spiro atoms. The Morgan fingerprint density at radius 3 is 2.60 bits per heavy atom. The molecule has 1 aromatic heterocycles. The quantitative estimate of drug-likeness (QED) is 0.857. The van der Waals surface area contributed by atoms with E-state index in [9.17, 15) is 9.90 Å². The average molecular weight is 280 g/mol. The van der Waals surface area contributed by atoms with E-state index >= 15 is 0 Å². The van der Waals surface area contributed by atoms with Gasteiger partial charge in [-0.25, -0.2) is 0 Å². The summed E-state index contributed by atoms with van der Waals surface area (Å²) in [6.45, 7) is 4.93. The number of β-amino-alcohol motifs (C(OH)–C–C–N with tert-alkyl or cyclic N) is 1. The largest absolute Gasteiger partial charge is 0.391 e. The fourth-order valence-corrected chi connectivity index (χ4v) is 2.96. The lowest BCUT2D eigenvalue weighted by Gasteiger charge is -2.27. The molecule has 20 heavy (non-hydrogen) atoms. The van der Waals surface area contributed by atoms with Crippen LogP contribution in [0.15, 0.2) is 0 Å². The van der Waals surface area contributed by atoms with Gasteiger partial charge in [-0.05, 0) is 34.4 Å². The molecule has 1 fully saturated rings. The standard InChI is InChI=1S/C14H24N4O2/c1-9-13(10(2)17(5)15-9)14(20)18-8-12(19)6-11(18)7-16(3)4/h11-12,19H,6-8H2,1-5H3. The number of carbonyl (C=O) groups excluding carboxylic acids is 1. The molecule has 0 saturated carbocycles. The Bertz CT molecular complexity index is 510. The monoisotopic (exact) mass is 280 g/mol. The summed E-state index contributed by atoms with van der Waals surface area (Å²) in [5, 5.41) is 14.2. The molecule has 6 nitrogen and oxygen atoms in total. The smallest absolute Gasteiger partial charge is 0.257 e. The molecular formula is C14H24N4O2. The van der Waals surface area contributed by atoms with Crippen molar-refractivity contribution < 1.29 is 9.90 Å². The van der Waals surface area contributed by atoms with Crippen molar-refractivity contribution in [1.82, 2.24) is 19.6 Å². The van der Waals surface area contributed by atoms with E-state index < -0.39 is 6.10 Å². The van der Waals surface area contributed by atoms with Crippen LogP contribution < -0.4 is 0 Å². The number of aryl methyl sites for hydroxylation is 2. The van der Waals surface area contributed by atoms with Crippen LogP contribution >= 0.6 is 0 Å². The van der Waals surface area contributed by atoms with Crippen molar-refractivity contribution in [2.24, 2.45) is 7.05 Å². The number of likely N-dealkylation sites (tertiary alicyclic amines) is 1. The highest BCUT2D eigenvalue weighted by molar-refractivity contribution is 5.96. The Balaban J connectivity index is 2.27. The second-order valence-electron chi connectivity index (χ2n) is 5.93. The van der Waals surface area contributed by atoms with Crippen LogP contribution in [0.3, 0.4) is 0 Å². The first-order chi connectivity index (χ1) is 9.31. The summed E-state index contributed by atoms with van der Waals surface area (Å²) in [5.41, 5.74) is 2.29. The van der Waals surface area contributed by atoms with Crippen LogP contribution in [-0.4, -0.2) is 69.9 Å². The van der Waals surface area contributed by atoms with Gasteiger partial charge in [-0.15, -0.1) is 0 Å². The maximum atomic E-state index is 12.8. The third-order valence-electron chi connectivity index (χ3n) is 3.95. The van der Waals surface area contributed by atoms with E-state index in [4.69, 9.17) is 0 Å². The second-order valence-corrected chi connectivity index (χ2v) is 5.93. The Morgan fingerprint density at radius 2 is 2.10 bits per heavy atom. The number of amides is 1. The minimum Gasteiger partial charge on any atom is -0.391 e. The van der Waals surface area contributed by atoms with Crippen molar-refractivity contribution >= 4 is 5.91 Å². The Morgan fingerprint density at radius 1 is 1.45 bits per heavy atom. The molecule has 1 saturated heterocycles. The Kier molecular flexibility index (Phi) is 4.15. The number of aromatic nitrogens is 2. The van der Waals surface area contributed by atoms with E-state index in [0.29, 0.717) is 18.5 Å². The lowest BCUT2D eigenvalue weighted by Crippen LogP contribution is -2.41. The molecule has 1 N–H and O–H groups in total. The third-order valence-corrected chi connectivity index (χ3v) is 3.95. The zero-order valence-corrected chi connectivity index (χ0v) is 12.9. The van der Waals surface area contributed by atoms with E-state index in [1.165, 1.54) is 0 Å². The molecule has 1 aromatic rings. The van der Waals surface area contributed by atoms with Gasteiger partial charge in [0.2, 0.25) is 0 Å². The SMILES string of the molecule is Cc1nn(C)c(C)c1C(=O)N1CC(O)CC1CN(C)C. The van der Waals surface area contributed by atoms with Gasteiger partial charge < -0.3 is 14.9 Å². The number of carbonyl (C=O) groups is 1. The van der Waals surface area contributed by atoms with Gasteiger partial charge >= 0.3 is 0 Å². The van der Waals surface area contributed by atoms with Gasteiger partial charge in [0.25, 0.3) is 5.91 Å². The summed E-state index contributed by atoms with van der Waals surface area (Å²) in [6.07, 6.45) is 0.212. The summed E-state index contributed by atoms with van der Waals surface area (Å²) < 4.78 is 1.73. The predicted molar refractivity (Wildman–Crippen MR) is 76.7 cm³/mol. The van der Waals surface area contributed by atoms with Gasteiger partial charge in [-0.3, -0.25) is 9.48 Å². The summed E-state index contributed by atoms with van der Waals surface area (Å²) >= 11 is 0. The molecule has 0 radical (unpaired) electrons. The maximum Gasteiger partial charge on any atom is 0.257 e. The third kappa shape index (κ3) is 2.71. The number of aliphatic hydroxyl groups excluding tert-OH is 1. The number of aliphatic hydroxyl groups is 1. The number of rotatable bonds is 3. The van der Waals surface area contributed by atoms with Crippen molar-refractivity contribution in [2.45, 2.75) is 32.4 Å². The first kappa shape index (κ1) is 15.0. The molecule has 2 unspecified atom stereocenters. The molecule has 0 aromatic carbocycles. The molecular weight excluding hydrogens is 256 g/mol. The van der Waals surface area contributed by atoms with Gasteiger partial charge in [0, 0.05) is 31.9 Å². The Labute approximate surface area is 120 Å². The summed E-state index contributed by atoms with van der Waals surface area (Å²) in [6, 6.07) is 0.0616. The number of likely N-dealkylation sites (N-methyl/N-ethyl adjacent to an activating group) is 1. The van der Waals surface area contributed by atoms with E-state index in [-0.39, 0.29) is 11.9 Å². The Hall–Kier alpha value is -1.40. The van der Waals surface area contributed by atoms with Crippen LogP contribution in [0.5, 0.6) is 0 Å². The van der Waals surface area contributed by atoms with Crippen molar-refractivity contribution in [3.05, 3.63) is 17.0 Å². The van der Waals surface area contributed by atoms with Crippen LogP contribution in [-0.2, 0) is 7.05 Å². The van der Waals surface area contributed by atoms with Gasteiger partial charge in [-0.2, -0.15) is 5.10 Å². The fourth-order valence-electron chi connectivity index (χ4n) is 2.96. The lowest BCUT2D eigenvalue weighted by molar-refractivity contribution is 0.0697. The lowest BCUT2D eigenvalue weighted by atomic mass is 10.1. The maximum absolute atomic E-state index is 12.8. The van der Waals surface area contributed by atoms with Crippen LogP contribution in [0.25, 0.3) is 0 Å². The van der Waals surface area contributed by atoms with Crippen molar-refractivity contribution in [3.8, 4) is 0 Å². The molecule has 112 valence electrons. The summed E-state index contributed by atoms with van der Waals surface area (Å²) in [7, 11) is 5.80. The summed E-state index contributed by atoms with van der Waals surface area (Å²) in [5.74, 6) is -0.0171. The van der Waals surface area contributed by atoms with Crippen molar-refractivity contribution in [3.63, 3.8) is 0 Å². The fraction of sp³-hybridized carbons (Fsp3) is 0.714. The van der Waals surface area contributed by atoms with Crippen LogP contribution in [0.4, 0.5) is 0 Å². The number of hydrogen-bond acceptors (Lipinski definition) is 4. The number of hydrogen-bond donors (Lipinski definition) is 1. The van der Waals surface area contributed by atoms with E-state index in [1.807, 2.05) is 39.9 Å². The van der Waals surface area contributed by atoms with Gasteiger partial charge in [-0.1, -0.05) is 0 Å². The van der Waals surface area contributed by atoms with E-state index in [0.717, 1.165) is 17.9 Å². The highest BCUT2D eigenvalue weighted by Gasteiger charge is 2.36. The minimum absolute atomic E-state index is 0.0171. The van der Waals surface area contributed by atoms with E-state index in [2.05, 4.69) is 5.10 Å². The highest BCUT2D eigenvalue weighted by Crippen LogP contribution is 2.23. The second kappa shape index (κ2) is 5.54. The molecule has 1 aliphatic heterocycles. The van der Waals surface area contributed by atoms with Gasteiger partial charge in [0.15, 0.2) is 0 Å². The average Bonchev–Trinajstić information content (AvgIpc) is 2.79. The molecule has 0 bridgehead atoms. The first-order valence-corrected chi connectivity index (χ1v) is 6.95. The van der Waals surface area contributed by atoms with Crippen LogP contribution in [0.1, 0.15) is 28.2 Å². The van der Waals surface area contributed by atoms with Crippen molar-refractivity contribution in [2.75, 3.05) is 27.2 Å². The molecule has 0 aliphatic carbocycles. The predicted octanol–water partition coefficient (Wildman–Crippen LogP) is 0.174. The van der Waals surface area contributed by atoms with E-state index in [1.54, 1.807) is 9.58 Å². The zero-order chi connectivity index (χ0) is 15.0. The van der Waals surface area contributed by atoms with Gasteiger partial charge in [0.05, 0.1) is 17.4 Å². The molecule has 2 atom stereocenters. The summed E-state index contributed by atoms with van der Waals surface area (Å²) in [4.78, 5) is 16.6. The normalized spacial score (nSPS) is 22.9. The molecule has 1 aliphatic rings. The minimum atomic E-state index is -0.429. The van der Waals surface area contributed by atoms with Crippen LogP contribution in [0.2, 0.25) is 0 Å². The zero-order valence-electron chi connectivity index (χ0n) is 12.9. The molecule has 1 amide bonds. The number of nitrogens with zero attached hydrogens (tertiary/aromatic N) is 4. The topological polar surface area (TPSA) is 61.6 Å². The molecule has 6 heteroatoms. The molecule has 2 rings (SSSR count). The van der Waals surface area contributed by atoms with Gasteiger partial charge in [0.1, 0.15) is 0 Å². The first-order valence-electron chi connectivity index (χ1n) is 6.95.